The molecule has 2 N–H and O–H groups in total. The first-order valence-corrected chi connectivity index (χ1v) is 7.55. The molecule has 1 aromatic heterocycles. The summed E-state index contributed by atoms with van der Waals surface area (Å²) in [6.07, 6.45) is 4.53. The first kappa shape index (κ1) is 13.6. The maximum absolute atomic E-state index is 6.13. The molecule has 1 aromatic carbocycles. The maximum Gasteiger partial charge on any atom is 0.0300 e. The van der Waals surface area contributed by atoms with Gasteiger partial charge in [-0.2, -0.15) is 0 Å². The summed E-state index contributed by atoms with van der Waals surface area (Å²) in [6, 6.07) is 12.5. The van der Waals surface area contributed by atoms with E-state index < -0.39 is 0 Å². The van der Waals surface area contributed by atoms with Crippen molar-refractivity contribution in [2.45, 2.75) is 17.4 Å². The summed E-state index contributed by atoms with van der Waals surface area (Å²) in [5, 5.41) is 0. The third-order valence-corrected chi connectivity index (χ3v) is 4.23. The minimum Gasteiger partial charge on any atom is -0.327 e. The lowest BCUT2D eigenvalue weighted by Gasteiger charge is -2.11. The lowest BCUT2D eigenvalue weighted by atomic mass is 10.1. The molecule has 0 saturated heterocycles. The van der Waals surface area contributed by atoms with Gasteiger partial charge in [0.25, 0.3) is 0 Å². The normalized spacial score (nSPS) is 12.3. The van der Waals surface area contributed by atoms with E-state index in [4.69, 9.17) is 5.73 Å². The average Bonchev–Trinajstić information content (AvgIpc) is 2.39. The van der Waals surface area contributed by atoms with Crippen LogP contribution in [0.3, 0.4) is 0 Å². The highest BCUT2D eigenvalue weighted by atomic mass is 79.9. The second kappa shape index (κ2) is 6.92. The van der Waals surface area contributed by atoms with Crippen molar-refractivity contribution >= 4 is 27.7 Å². The van der Waals surface area contributed by atoms with Crippen LogP contribution in [0.2, 0.25) is 0 Å². The van der Waals surface area contributed by atoms with Gasteiger partial charge in [0.2, 0.25) is 0 Å². The third kappa shape index (κ3) is 4.44. The predicted molar refractivity (Wildman–Crippen MR) is 80.8 cm³/mol. The molecule has 1 unspecified atom stereocenters. The van der Waals surface area contributed by atoms with E-state index in [1.807, 2.05) is 12.3 Å². The molecule has 0 aliphatic carbocycles. The summed E-state index contributed by atoms with van der Waals surface area (Å²) >= 11 is 5.22. The molecule has 94 valence electrons. The summed E-state index contributed by atoms with van der Waals surface area (Å²) in [6.45, 7) is 0. The zero-order chi connectivity index (χ0) is 12.8. The Hall–Kier alpha value is -0.840. The average molecular weight is 323 g/mol. The van der Waals surface area contributed by atoms with E-state index in [0.29, 0.717) is 0 Å². The Bertz CT molecular complexity index is 473. The molecule has 0 aliphatic rings. The van der Waals surface area contributed by atoms with Gasteiger partial charge in [0.1, 0.15) is 0 Å². The minimum atomic E-state index is 0.155. The van der Waals surface area contributed by atoms with Gasteiger partial charge >= 0.3 is 0 Å². The fraction of sp³-hybridized carbons (Fsp3) is 0.214. The minimum absolute atomic E-state index is 0.155. The predicted octanol–water partition coefficient (Wildman–Crippen LogP) is 3.51. The van der Waals surface area contributed by atoms with Crippen LogP contribution in [0.1, 0.15) is 5.56 Å². The van der Waals surface area contributed by atoms with Gasteiger partial charge in [-0.1, -0.05) is 22.0 Å². The molecule has 0 bridgehead atoms. The van der Waals surface area contributed by atoms with Crippen molar-refractivity contribution in [3.05, 3.63) is 58.8 Å². The quantitative estimate of drug-likeness (QED) is 0.856. The molecule has 4 heteroatoms. The van der Waals surface area contributed by atoms with Gasteiger partial charge in [0.05, 0.1) is 0 Å². The van der Waals surface area contributed by atoms with Crippen molar-refractivity contribution < 1.29 is 0 Å². The molecule has 0 amide bonds. The van der Waals surface area contributed by atoms with Crippen LogP contribution in [0, 0.1) is 0 Å². The Morgan fingerprint density at radius 1 is 1.22 bits per heavy atom. The SMILES string of the molecule is NC(CSc1ccc(Br)cc1)Cc1cccnc1. The highest BCUT2D eigenvalue weighted by molar-refractivity contribution is 9.10. The van der Waals surface area contributed by atoms with Crippen molar-refractivity contribution in [3.8, 4) is 0 Å². The molecule has 1 heterocycles. The molecule has 2 rings (SSSR count). The Morgan fingerprint density at radius 3 is 2.67 bits per heavy atom. The Labute approximate surface area is 120 Å². The number of halogens is 1. The topological polar surface area (TPSA) is 38.9 Å². The van der Waals surface area contributed by atoms with E-state index in [9.17, 15) is 0 Å². The van der Waals surface area contributed by atoms with Gasteiger partial charge in [-0.15, -0.1) is 11.8 Å². The van der Waals surface area contributed by atoms with E-state index >= 15 is 0 Å². The molecule has 0 radical (unpaired) electrons. The number of benzene rings is 1. The van der Waals surface area contributed by atoms with Gasteiger partial charge in [-0.05, 0) is 42.3 Å². The summed E-state index contributed by atoms with van der Waals surface area (Å²) in [5.74, 6) is 0.913. The number of hydrogen-bond donors (Lipinski definition) is 1. The smallest absolute Gasteiger partial charge is 0.0300 e. The Kier molecular flexibility index (Phi) is 5.23. The van der Waals surface area contributed by atoms with Crippen LogP contribution in [-0.4, -0.2) is 16.8 Å². The second-order valence-electron chi connectivity index (χ2n) is 4.09. The third-order valence-electron chi connectivity index (χ3n) is 2.50. The van der Waals surface area contributed by atoms with Crippen molar-refractivity contribution in [1.29, 1.82) is 0 Å². The number of thioether (sulfide) groups is 1. The van der Waals surface area contributed by atoms with Crippen molar-refractivity contribution in [2.24, 2.45) is 5.73 Å². The van der Waals surface area contributed by atoms with Crippen molar-refractivity contribution in [3.63, 3.8) is 0 Å². The monoisotopic (exact) mass is 322 g/mol. The number of pyridine rings is 1. The van der Waals surface area contributed by atoms with Crippen molar-refractivity contribution in [2.75, 3.05) is 5.75 Å². The molecule has 0 saturated carbocycles. The van der Waals surface area contributed by atoms with E-state index in [0.717, 1.165) is 16.6 Å². The largest absolute Gasteiger partial charge is 0.327 e. The lowest BCUT2D eigenvalue weighted by molar-refractivity contribution is 0.746. The van der Waals surface area contributed by atoms with E-state index in [1.165, 1.54) is 10.5 Å². The summed E-state index contributed by atoms with van der Waals surface area (Å²) in [4.78, 5) is 5.35. The highest BCUT2D eigenvalue weighted by Crippen LogP contribution is 2.21. The standard InChI is InChI=1S/C14H15BrN2S/c15-12-3-5-14(6-4-12)18-10-13(16)8-11-2-1-7-17-9-11/h1-7,9,13H,8,10,16H2. The number of nitrogens with zero attached hydrogens (tertiary/aromatic N) is 1. The fourth-order valence-electron chi connectivity index (χ4n) is 1.61. The first-order chi connectivity index (χ1) is 8.74. The lowest BCUT2D eigenvalue weighted by Crippen LogP contribution is -2.25. The van der Waals surface area contributed by atoms with Crippen LogP contribution < -0.4 is 5.73 Å². The zero-order valence-electron chi connectivity index (χ0n) is 9.92. The molecule has 0 aliphatic heterocycles. The van der Waals surface area contributed by atoms with Gasteiger partial charge in [-0.3, -0.25) is 4.98 Å². The fourth-order valence-corrected chi connectivity index (χ4v) is 2.73. The molecule has 2 nitrogen and oxygen atoms in total. The Morgan fingerprint density at radius 2 is 2.00 bits per heavy atom. The van der Waals surface area contributed by atoms with Crippen LogP contribution in [0.25, 0.3) is 0 Å². The summed E-state index contributed by atoms with van der Waals surface area (Å²) in [5.41, 5.74) is 7.32. The number of hydrogen-bond acceptors (Lipinski definition) is 3. The van der Waals surface area contributed by atoms with Gasteiger partial charge < -0.3 is 5.73 Å². The van der Waals surface area contributed by atoms with Crippen molar-refractivity contribution in [1.82, 2.24) is 4.98 Å². The van der Waals surface area contributed by atoms with Crippen LogP contribution in [0.15, 0.2) is 58.2 Å². The van der Waals surface area contributed by atoms with E-state index in [-0.39, 0.29) is 6.04 Å². The van der Waals surface area contributed by atoms with Crippen LogP contribution in [0.5, 0.6) is 0 Å². The molecule has 2 aromatic rings. The highest BCUT2D eigenvalue weighted by Gasteiger charge is 2.05. The summed E-state index contributed by atoms with van der Waals surface area (Å²) < 4.78 is 1.10. The molecular formula is C14H15BrN2S. The molecule has 0 fully saturated rings. The maximum atomic E-state index is 6.13. The first-order valence-electron chi connectivity index (χ1n) is 5.77. The van der Waals surface area contributed by atoms with Gasteiger partial charge in [0.15, 0.2) is 0 Å². The molecule has 0 spiro atoms. The number of rotatable bonds is 5. The number of aromatic nitrogens is 1. The second-order valence-corrected chi connectivity index (χ2v) is 6.10. The van der Waals surface area contributed by atoms with E-state index in [2.05, 4.69) is 51.2 Å². The van der Waals surface area contributed by atoms with Crippen LogP contribution >= 0.6 is 27.7 Å². The van der Waals surface area contributed by atoms with Crippen LogP contribution in [0.4, 0.5) is 0 Å². The van der Waals surface area contributed by atoms with Crippen LogP contribution in [-0.2, 0) is 6.42 Å². The molecule has 18 heavy (non-hydrogen) atoms. The van der Waals surface area contributed by atoms with Gasteiger partial charge in [0, 0.05) is 33.6 Å². The Balaban J connectivity index is 1.81. The summed E-state index contributed by atoms with van der Waals surface area (Å²) in [7, 11) is 0. The zero-order valence-corrected chi connectivity index (χ0v) is 12.3. The number of nitrogens with two attached hydrogens (primary N) is 1. The molecular weight excluding hydrogens is 308 g/mol. The van der Waals surface area contributed by atoms with E-state index in [1.54, 1.807) is 18.0 Å². The molecule has 1 atom stereocenters. The van der Waals surface area contributed by atoms with Gasteiger partial charge in [-0.25, -0.2) is 0 Å².